The van der Waals surface area contributed by atoms with Crippen LogP contribution in [0.4, 0.5) is 5.69 Å². The molecule has 2 aromatic carbocycles. The molecular weight excluding hydrogens is 518 g/mol. The molecule has 1 N–H and O–H groups in total. The number of ether oxygens (including phenoxy) is 2. The fraction of sp³-hybridized carbons (Fsp3) is 0.517. The Morgan fingerprint density at radius 3 is 2.08 bits per heavy atom. The lowest BCUT2D eigenvalue weighted by atomic mass is 10.1. The fourth-order valence-electron chi connectivity index (χ4n) is 4.17. The zero-order chi connectivity index (χ0) is 29.0. The highest BCUT2D eigenvalue weighted by Gasteiger charge is 2.29. The van der Waals surface area contributed by atoms with Crippen molar-refractivity contribution in [2.24, 2.45) is 0 Å². The van der Waals surface area contributed by atoms with Crippen LogP contribution in [0.3, 0.4) is 0 Å². The van der Waals surface area contributed by atoms with E-state index in [2.05, 4.69) is 5.32 Å². The summed E-state index contributed by atoms with van der Waals surface area (Å²) in [6.45, 7) is 8.58. The minimum absolute atomic E-state index is 0.0121. The number of anilines is 1. The van der Waals surface area contributed by atoms with Crippen molar-refractivity contribution in [3.63, 3.8) is 0 Å². The molecule has 39 heavy (non-hydrogen) atoms. The largest absolute Gasteiger partial charge is 0.497 e. The van der Waals surface area contributed by atoms with Crippen LogP contribution < -0.4 is 19.1 Å². The molecule has 0 aliphatic heterocycles. The van der Waals surface area contributed by atoms with E-state index in [1.165, 1.54) is 4.31 Å². The van der Waals surface area contributed by atoms with Crippen molar-refractivity contribution in [2.45, 2.75) is 72.0 Å². The van der Waals surface area contributed by atoms with Crippen molar-refractivity contribution < 1.29 is 27.5 Å². The Balaban J connectivity index is 2.21. The third-order valence-corrected chi connectivity index (χ3v) is 7.68. The highest BCUT2D eigenvalue weighted by atomic mass is 32.2. The van der Waals surface area contributed by atoms with E-state index in [4.69, 9.17) is 9.47 Å². The van der Waals surface area contributed by atoms with Gasteiger partial charge in [-0.2, -0.15) is 0 Å². The Hall–Kier alpha value is -3.27. The smallest absolute Gasteiger partial charge is 0.243 e. The number of carbonyl (C=O) groups excluding carboxylic acids is 2. The van der Waals surface area contributed by atoms with Crippen LogP contribution in [0.15, 0.2) is 48.5 Å². The third-order valence-electron chi connectivity index (χ3n) is 6.49. The molecule has 0 saturated carbocycles. The third kappa shape index (κ3) is 9.76. The maximum absolute atomic E-state index is 13.6. The van der Waals surface area contributed by atoms with Gasteiger partial charge in [0, 0.05) is 25.6 Å². The summed E-state index contributed by atoms with van der Waals surface area (Å²) in [7, 11) is -1.99. The molecule has 0 radical (unpaired) electrons. The van der Waals surface area contributed by atoms with Gasteiger partial charge in [-0.05, 0) is 75.1 Å². The molecule has 10 heteroatoms. The van der Waals surface area contributed by atoms with Crippen LogP contribution in [0, 0.1) is 0 Å². The predicted molar refractivity (Wildman–Crippen MR) is 155 cm³/mol. The SMILES string of the molecule is CCOc1ccc(N(CCCC(=O)N(Cc2ccc(OC)cc2)[C@H](CC)C(=O)N[C@@H](C)CC)S(C)(=O)=O)cc1. The molecule has 2 rings (SSSR count). The summed E-state index contributed by atoms with van der Waals surface area (Å²) < 4.78 is 37.1. The lowest BCUT2D eigenvalue weighted by Gasteiger charge is -2.32. The van der Waals surface area contributed by atoms with Crippen molar-refractivity contribution in [3.05, 3.63) is 54.1 Å². The first kappa shape index (κ1) is 31.9. The molecule has 2 atom stereocenters. The van der Waals surface area contributed by atoms with Crippen LogP contribution in [-0.4, -0.2) is 63.7 Å². The highest BCUT2D eigenvalue weighted by Crippen LogP contribution is 2.23. The zero-order valence-corrected chi connectivity index (χ0v) is 24.8. The lowest BCUT2D eigenvalue weighted by Crippen LogP contribution is -2.50. The first-order chi connectivity index (χ1) is 18.5. The number of hydrogen-bond acceptors (Lipinski definition) is 6. The summed E-state index contributed by atoms with van der Waals surface area (Å²) in [5.74, 6) is 0.951. The highest BCUT2D eigenvalue weighted by molar-refractivity contribution is 7.92. The number of benzene rings is 2. The Morgan fingerprint density at radius 2 is 1.56 bits per heavy atom. The second-order valence-electron chi connectivity index (χ2n) is 9.48. The van der Waals surface area contributed by atoms with Gasteiger partial charge in [0.1, 0.15) is 17.5 Å². The van der Waals surface area contributed by atoms with E-state index in [9.17, 15) is 18.0 Å². The van der Waals surface area contributed by atoms with E-state index >= 15 is 0 Å². The van der Waals surface area contributed by atoms with Crippen molar-refractivity contribution in [3.8, 4) is 11.5 Å². The second-order valence-corrected chi connectivity index (χ2v) is 11.4. The minimum atomic E-state index is -3.58. The van der Waals surface area contributed by atoms with Crippen LogP contribution in [0.25, 0.3) is 0 Å². The molecule has 9 nitrogen and oxygen atoms in total. The van der Waals surface area contributed by atoms with E-state index in [1.807, 2.05) is 52.0 Å². The van der Waals surface area contributed by atoms with Gasteiger partial charge in [-0.15, -0.1) is 0 Å². The number of nitrogens with zero attached hydrogens (tertiary/aromatic N) is 2. The molecule has 0 unspecified atom stereocenters. The van der Waals surface area contributed by atoms with Crippen molar-refractivity contribution in [2.75, 3.05) is 30.8 Å². The van der Waals surface area contributed by atoms with Gasteiger partial charge in [0.15, 0.2) is 0 Å². The molecule has 0 bridgehead atoms. The van der Waals surface area contributed by atoms with Crippen LogP contribution in [-0.2, 0) is 26.2 Å². The molecule has 0 spiro atoms. The van der Waals surface area contributed by atoms with E-state index in [-0.39, 0.29) is 37.4 Å². The predicted octanol–water partition coefficient (Wildman–Crippen LogP) is 4.36. The van der Waals surface area contributed by atoms with Crippen LogP contribution in [0.5, 0.6) is 11.5 Å². The lowest BCUT2D eigenvalue weighted by molar-refractivity contribution is -0.141. The van der Waals surface area contributed by atoms with Gasteiger partial charge in [-0.1, -0.05) is 26.0 Å². The molecule has 0 saturated heterocycles. The topological polar surface area (TPSA) is 105 Å². The van der Waals surface area contributed by atoms with E-state index in [0.29, 0.717) is 36.6 Å². The van der Waals surface area contributed by atoms with Gasteiger partial charge in [0.05, 0.1) is 25.7 Å². The normalized spacial score (nSPS) is 12.8. The number of amides is 2. The molecule has 0 fully saturated rings. The van der Waals surface area contributed by atoms with E-state index in [1.54, 1.807) is 36.3 Å². The van der Waals surface area contributed by atoms with Gasteiger partial charge in [-0.3, -0.25) is 13.9 Å². The molecule has 0 aromatic heterocycles. The maximum Gasteiger partial charge on any atom is 0.243 e. The molecule has 0 aliphatic carbocycles. The molecular formula is C29H43N3O6S. The summed E-state index contributed by atoms with van der Waals surface area (Å²) in [6.07, 6.45) is 2.76. The maximum atomic E-state index is 13.6. The summed E-state index contributed by atoms with van der Waals surface area (Å²) in [4.78, 5) is 28.3. The summed E-state index contributed by atoms with van der Waals surface area (Å²) in [5, 5.41) is 3.00. The Kier molecular flexibility index (Phi) is 12.6. The molecule has 0 aliphatic rings. The van der Waals surface area contributed by atoms with Gasteiger partial charge in [0.2, 0.25) is 21.8 Å². The molecule has 2 aromatic rings. The monoisotopic (exact) mass is 561 g/mol. The number of methoxy groups -OCH3 is 1. The fourth-order valence-corrected chi connectivity index (χ4v) is 5.13. The number of sulfonamides is 1. The zero-order valence-electron chi connectivity index (χ0n) is 24.0. The molecule has 0 heterocycles. The average Bonchev–Trinajstić information content (AvgIpc) is 2.91. The standard InChI is InChI=1S/C29H43N3O6S/c1-7-22(4)30-29(34)27(8-2)31(21-23-12-16-25(37-5)17-13-23)28(33)11-10-20-32(39(6,35)36)24-14-18-26(19-15-24)38-9-3/h12-19,22,27H,7-11,20-21H2,1-6H3,(H,30,34)/t22-,27+/m0/s1. The Bertz CT molecular complexity index is 1150. The summed E-state index contributed by atoms with van der Waals surface area (Å²) >= 11 is 0. The Morgan fingerprint density at radius 1 is 0.949 bits per heavy atom. The second kappa shape index (κ2) is 15.4. The number of hydrogen-bond donors (Lipinski definition) is 1. The van der Waals surface area contributed by atoms with Crippen molar-refractivity contribution in [1.82, 2.24) is 10.2 Å². The molecule has 2 amide bonds. The Labute approximate surface area is 233 Å². The van der Waals surface area contributed by atoms with Gasteiger partial charge in [-0.25, -0.2) is 8.42 Å². The van der Waals surface area contributed by atoms with E-state index in [0.717, 1.165) is 18.2 Å². The first-order valence-electron chi connectivity index (χ1n) is 13.5. The van der Waals surface area contributed by atoms with Crippen molar-refractivity contribution in [1.29, 1.82) is 0 Å². The quantitative estimate of drug-likeness (QED) is 0.327. The summed E-state index contributed by atoms with van der Waals surface area (Å²) in [6, 6.07) is 13.5. The van der Waals surface area contributed by atoms with Gasteiger partial charge >= 0.3 is 0 Å². The number of carbonyl (C=O) groups is 2. The minimum Gasteiger partial charge on any atom is -0.497 e. The average molecular weight is 562 g/mol. The van der Waals surface area contributed by atoms with Crippen LogP contribution >= 0.6 is 0 Å². The van der Waals surface area contributed by atoms with Crippen LogP contribution in [0.2, 0.25) is 0 Å². The van der Waals surface area contributed by atoms with Crippen LogP contribution in [0.1, 0.15) is 58.9 Å². The van der Waals surface area contributed by atoms with Gasteiger partial charge < -0.3 is 19.7 Å². The number of nitrogens with one attached hydrogen (secondary N) is 1. The van der Waals surface area contributed by atoms with Gasteiger partial charge in [0.25, 0.3) is 0 Å². The number of rotatable bonds is 16. The van der Waals surface area contributed by atoms with E-state index < -0.39 is 16.1 Å². The summed E-state index contributed by atoms with van der Waals surface area (Å²) in [5.41, 5.74) is 1.37. The van der Waals surface area contributed by atoms with Crippen molar-refractivity contribution >= 4 is 27.5 Å². The molecule has 216 valence electrons. The first-order valence-corrected chi connectivity index (χ1v) is 15.3.